The van der Waals surface area contributed by atoms with Crippen LogP contribution in [0.1, 0.15) is 17.0 Å². The third-order valence-corrected chi connectivity index (χ3v) is 3.76. The van der Waals surface area contributed by atoms with Gasteiger partial charge in [0.15, 0.2) is 0 Å². The molecule has 102 valence electrons. The van der Waals surface area contributed by atoms with Gasteiger partial charge in [0.25, 0.3) is 0 Å². The average Bonchev–Trinajstić information content (AvgIpc) is 2.67. The largest absolute Gasteiger partial charge is 0.396 e. The van der Waals surface area contributed by atoms with E-state index in [0.29, 0.717) is 0 Å². The first-order valence-electron chi connectivity index (χ1n) is 6.43. The number of aryl methyl sites for hydroxylation is 2. The molecule has 2 rings (SSSR count). The molecule has 0 aliphatic carbocycles. The van der Waals surface area contributed by atoms with E-state index >= 15 is 0 Å². The molecule has 1 unspecified atom stereocenters. The van der Waals surface area contributed by atoms with E-state index in [1.807, 2.05) is 30.8 Å². The molecule has 0 saturated carbocycles. The Morgan fingerprint density at radius 2 is 2.11 bits per heavy atom. The van der Waals surface area contributed by atoms with E-state index in [0.717, 1.165) is 23.0 Å². The second-order valence-electron chi connectivity index (χ2n) is 4.99. The Morgan fingerprint density at radius 3 is 2.68 bits per heavy atom. The maximum atomic E-state index is 9.57. The summed E-state index contributed by atoms with van der Waals surface area (Å²) in [5.74, 6) is 0.226. The van der Waals surface area contributed by atoms with Crippen molar-refractivity contribution < 1.29 is 5.11 Å². The lowest BCUT2D eigenvalue weighted by Gasteiger charge is -2.14. The van der Waals surface area contributed by atoms with Crippen molar-refractivity contribution in [1.29, 1.82) is 0 Å². The van der Waals surface area contributed by atoms with Gasteiger partial charge in [0.1, 0.15) is 0 Å². The van der Waals surface area contributed by atoms with Gasteiger partial charge in [-0.1, -0.05) is 28.1 Å². The second-order valence-corrected chi connectivity index (χ2v) is 5.90. The molecule has 1 aromatic heterocycles. The van der Waals surface area contributed by atoms with Gasteiger partial charge >= 0.3 is 0 Å². The summed E-state index contributed by atoms with van der Waals surface area (Å²) < 4.78 is 2.98. The van der Waals surface area contributed by atoms with Crippen LogP contribution in [-0.2, 0) is 19.9 Å². The van der Waals surface area contributed by atoms with Gasteiger partial charge < -0.3 is 5.11 Å². The molecule has 1 aromatic carbocycles. The first kappa shape index (κ1) is 14.3. The molecule has 0 amide bonds. The zero-order valence-corrected chi connectivity index (χ0v) is 12.9. The Balaban J connectivity index is 2.06. The SMILES string of the molecule is Cc1cc(CC(CO)Cc2cccc(Br)c2)n(C)n1. The first-order valence-corrected chi connectivity index (χ1v) is 7.22. The van der Waals surface area contributed by atoms with Crippen LogP contribution in [0.3, 0.4) is 0 Å². The van der Waals surface area contributed by atoms with Crippen LogP contribution < -0.4 is 0 Å². The number of hydrogen-bond donors (Lipinski definition) is 1. The van der Waals surface area contributed by atoms with Crippen LogP contribution in [0.15, 0.2) is 34.8 Å². The number of halogens is 1. The predicted molar refractivity (Wildman–Crippen MR) is 80.1 cm³/mol. The van der Waals surface area contributed by atoms with Crippen molar-refractivity contribution in [3.8, 4) is 0 Å². The molecule has 1 heterocycles. The number of hydrogen-bond acceptors (Lipinski definition) is 2. The van der Waals surface area contributed by atoms with Crippen LogP contribution in [0.5, 0.6) is 0 Å². The van der Waals surface area contributed by atoms with Crippen molar-refractivity contribution in [3.63, 3.8) is 0 Å². The summed E-state index contributed by atoms with van der Waals surface area (Å²) in [6.07, 6.45) is 1.72. The minimum atomic E-state index is 0.191. The Bertz CT molecular complexity index is 551. The van der Waals surface area contributed by atoms with Crippen molar-refractivity contribution in [1.82, 2.24) is 9.78 Å². The van der Waals surface area contributed by atoms with E-state index in [4.69, 9.17) is 0 Å². The van der Waals surface area contributed by atoms with Gasteiger partial charge in [0.05, 0.1) is 5.69 Å². The Kier molecular flexibility index (Phi) is 4.77. The van der Waals surface area contributed by atoms with E-state index in [-0.39, 0.29) is 12.5 Å². The average molecular weight is 323 g/mol. The summed E-state index contributed by atoms with van der Waals surface area (Å²) in [6.45, 7) is 2.18. The van der Waals surface area contributed by atoms with Gasteiger partial charge in [-0.15, -0.1) is 0 Å². The number of rotatable bonds is 5. The number of aliphatic hydroxyl groups excluding tert-OH is 1. The van der Waals surface area contributed by atoms with Gasteiger partial charge in [-0.3, -0.25) is 4.68 Å². The van der Waals surface area contributed by atoms with Crippen LogP contribution in [-0.4, -0.2) is 21.5 Å². The Labute approximate surface area is 122 Å². The van der Waals surface area contributed by atoms with Crippen molar-refractivity contribution in [2.45, 2.75) is 19.8 Å². The van der Waals surface area contributed by atoms with Crippen LogP contribution in [0.4, 0.5) is 0 Å². The topological polar surface area (TPSA) is 38.0 Å². The van der Waals surface area contributed by atoms with E-state index < -0.39 is 0 Å². The molecule has 3 nitrogen and oxygen atoms in total. The van der Waals surface area contributed by atoms with Gasteiger partial charge in [0.2, 0.25) is 0 Å². The third kappa shape index (κ3) is 3.91. The molecular formula is C15H19BrN2O. The van der Waals surface area contributed by atoms with E-state index in [1.54, 1.807) is 0 Å². The smallest absolute Gasteiger partial charge is 0.0596 e. The summed E-state index contributed by atoms with van der Waals surface area (Å²) in [4.78, 5) is 0. The number of aliphatic hydroxyl groups is 1. The zero-order chi connectivity index (χ0) is 13.8. The molecule has 0 saturated heterocycles. The minimum Gasteiger partial charge on any atom is -0.396 e. The summed E-state index contributed by atoms with van der Waals surface area (Å²) in [7, 11) is 1.95. The summed E-state index contributed by atoms with van der Waals surface area (Å²) >= 11 is 3.48. The maximum absolute atomic E-state index is 9.57. The molecule has 0 radical (unpaired) electrons. The molecule has 19 heavy (non-hydrogen) atoms. The van der Waals surface area contributed by atoms with Gasteiger partial charge in [0, 0.05) is 23.8 Å². The quantitative estimate of drug-likeness (QED) is 0.919. The fourth-order valence-electron chi connectivity index (χ4n) is 2.35. The summed E-state index contributed by atoms with van der Waals surface area (Å²) in [6, 6.07) is 10.3. The molecule has 0 spiro atoms. The Morgan fingerprint density at radius 1 is 1.32 bits per heavy atom. The molecule has 0 bridgehead atoms. The molecule has 0 fully saturated rings. The standard InChI is InChI=1S/C15H19BrN2O/c1-11-6-15(18(2)17-11)9-13(10-19)7-12-4-3-5-14(16)8-12/h3-6,8,13,19H,7,9-10H2,1-2H3. The molecule has 4 heteroatoms. The van der Waals surface area contributed by atoms with Crippen molar-refractivity contribution >= 4 is 15.9 Å². The second kappa shape index (κ2) is 6.35. The highest BCUT2D eigenvalue weighted by molar-refractivity contribution is 9.10. The van der Waals surface area contributed by atoms with Crippen LogP contribution >= 0.6 is 15.9 Å². The van der Waals surface area contributed by atoms with Gasteiger partial charge in [-0.25, -0.2) is 0 Å². The van der Waals surface area contributed by atoms with Crippen LogP contribution in [0, 0.1) is 12.8 Å². The summed E-state index contributed by atoms with van der Waals surface area (Å²) in [5.41, 5.74) is 3.44. The minimum absolute atomic E-state index is 0.191. The first-order chi connectivity index (χ1) is 9.08. The lowest BCUT2D eigenvalue weighted by molar-refractivity contribution is 0.223. The fourth-order valence-corrected chi connectivity index (χ4v) is 2.80. The van der Waals surface area contributed by atoms with E-state index in [2.05, 4.69) is 39.2 Å². The normalized spacial score (nSPS) is 12.6. The van der Waals surface area contributed by atoms with Crippen molar-refractivity contribution in [2.24, 2.45) is 13.0 Å². The molecule has 1 atom stereocenters. The lowest BCUT2D eigenvalue weighted by atomic mass is 9.95. The van der Waals surface area contributed by atoms with Crippen LogP contribution in [0.25, 0.3) is 0 Å². The predicted octanol–water partition coefficient (Wildman–Crippen LogP) is 2.88. The highest BCUT2D eigenvalue weighted by atomic mass is 79.9. The van der Waals surface area contributed by atoms with Gasteiger partial charge in [-0.05, 0) is 49.4 Å². The Hall–Kier alpha value is -1.13. The van der Waals surface area contributed by atoms with Crippen molar-refractivity contribution in [3.05, 3.63) is 51.8 Å². The van der Waals surface area contributed by atoms with E-state index in [9.17, 15) is 5.11 Å². The number of aromatic nitrogens is 2. The molecule has 0 aliphatic rings. The molecule has 2 aromatic rings. The zero-order valence-electron chi connectivity index (χ0n) is 11.3. The lowest BCUT2D eigenvalue weighted by Crippen LogP contribution is -2.15. The highest BCUT2D eigenvalue weighted by Crippen LogP contribution is 2.18. The van der Waals surface area contributed by atoms with E-state index in [1.165, 1.54) is 11.3 Å². The molecule has 1 N–H and O–H groups in total. The van der Waals surface area contributed by atoms with Gasteiger partial charge in [-0.2, -0.15) is 5.10 Å². The number of nitrogens with zero attached hydrogens (tertiary/aromatic N) is 2. The molecular weight excluding hydrogens is 304 g/mol. The molecule has 0 aliphatic heterocycles. The maximum Gasteiger partial charge on any atom is 0.0596 e. The van der Waals surface area contributed by atoms with Crippen molar-refractivity contribution in [2.75, 3.05) is 6.61 Å². The van der Waals surface area contributed by atoms with Crippen LogP contribution in [0.2, 0.25) is 0 Å². The number of benzene rings is 1. The third-order valence-electron chi connectivity index (χ3n) is 3.27. The summed E-state index contributed by atoms with van der Waals surface area (Å²) in [5, 5.41) is 13.9. The highest BCUT2D eigenvalue weighted by Gasteiger charge is 2.13. The monoisotopic (exact) mass is 322 g/mol. The fraction of sp³-hybridized carbons (Fsp3) is 0.400.